The molecule has 0 bridgehead atoms. The quantitative estimate of drug-likeness (QED) is 0.485. The molecule has 1 aromatic rings. The first-order valence-corrected chi connectivity index (χ1v) is 8.11. The summed E-state index contributed by atoms with van der Waals surface area (Å²) in [5, 5.41) is 22.5. The smallest absolute Gasteiger partial charge is 0.315 e. The maximum atomic E-state index is 11.9. The van der Waals surface area contributed by atoms with Crippen molar-refractivity contribution in [2.75, 3.05) is 6.54 Å². The van der Waals surface area contributed by atoms with E-state index in [1.54, 1.807) is 11.8 Å². The molecular weight excluding hydrogens is 316 g/mol. The second kappa shape index (κ2) is 5.14. The lowest BCUT2D eigenvalue weighted by Gasteiger charge is -2.54. The lowest BCUT2D eigenvalue weighted by atomic mass is 9.82. The van der Waals surface area contributed by atoms with E-state index in [0.717, 1.165) is 0 Å². The number of carboxylic acid groups (broad SMARTS) is 1. The van der Waals surface area contributed by atoms with Crippen molar-refractivity contribution in [2.45, 2.75) is 34.5 Å². The molecule has 11 heteroatoms. The molecule has 2 fully saturated rings. The average Bonchev–Trinajstić information content (AvgIpc) is 2.90. The molecule has 0 saturated carbocycles. The molecule has 9 nitrogen and oxygen atoms in total. The normalized spacial score (nSPS) is 33.2. The van der Waals surface area contributed by atoms with E-state index in [0.29, 0.717) is 11.6 Å². The van der Waals surface area contributed by atoms with Gasteiger partial charge >= 0.3 is 5.97 Å². The molecule has 4 N–H and O–H groups in total. The number of H-pyrrole nitrogens is 1. The lowest BCUT2D eigenvalue weighted by molar-refractivity contribution is -0.156. The number of aromatic amines is 1. The maximum absolute atomic E-state index is 11.9. The number of carboxylic acids is 1. The summed E-state index contributed by atoms with van der Waals surface area (Å²) < 4.78 is 0. The molecule has 1 amide bonds. The molecule has 3 rings (SSSR count). The molecule has 114 valence electrons. The second-order valence-electron chi connectivity index (χ2n) is 5.04. The van der Waals surface area contributed by atoms with E-state index in [1.807, 2.05) is 0 Å². The van der Waals surface area contributed by atoms with Crippen LogP contribution in [0.2, 0.25) is 0 Å². The minimum atomic E-state index is -1.25. The van der Waals surface area contributed by atoms with Crippen molar-refractivity contribution in [1.29, 1.82) is 0 Å². The summed E-state index contributed by atoms with van der Waals surface area (Å²) in [5.41, 5.74) is 4.90. The Morgan fingerprint density at radius 3 is 3.05 bits per heavy atom. The molecule has 0 aromatic carbocycles. The molecule has 2 saturated heterocycles. The number of thioether (sulfide) groups is 2. The van der Waals surface area contributed by atoms with Crippen molar-refractivity contribution in [3.63, 3.8) is 0 Å². The predicted molar refractivity (Wildman–Crippen MR) is 75.2 cm³/mol. The van der Waals surface area contributed by atoms with E-state index in [4.69, 9.17) is 5.73 Å². The van der Waals surface area contributed by atoms with Crippen LogP contribution in [0.3, 0.4) is 0 Å². The van der Waals surface area contributed by atoms with E-state index in [2.05, 4.69) is 20.6 Å². The topological polar surface area (TPSA) is 138 Å². The fraction of sp³-hybridized carbons (Fsp3) is 0.700. The highest BCUT2D eigenvalue weighted by molar-refractivity contribution is 8.01. The van der Waals surface area contributed by atoms with Gasteiger partial charge in [0.2, 0.25) is 11.1 Å². The van der Waals surface area contributed by atoms with Gasteiger partial charge in [0.15, 0.2) is 0 Å². The zero-order valence-corrected chi connectivity index (χ0v) is 12.7. The Bertz CT molecular complexity index is 569. The van der Waals surface area contributed by atoms with Gasteiger partial charge in [-0.1, -0.05) is 18.7 Å². The summed E-state index contributed by atoms with van der Waals surface area (Å²) in [6, 6.07) is 0. The standard InChI is InChI=1S/C10H14N6O3S2/c1-4(20-9-12-14-15-13-9)10(8(18)19)3-16-5(17)2-6(16)21-7(10)11/h4,6-7H,2-3,11H2,1H3,(H,18,19)(H,12,13,14,15)/t4?,6-,7?,10?/m1/s1. The van der Waals surface area contributed by atoms with Gasteiger partial charge in [0.25, 0.3) is 0 Å². The first-order valence-electron chi connectivity index (χ1n) is 6.29. The summed E-state index contributed by atoms with van der Waals surface area (Å²) in [5.74, 6) is -1.04. The number of amides is 1. The molecule has 0 spiro atoms. The van der Waals surface area contributed by atoms with E-state index in [9.17, 15) is 14.7 Å². The summed E-state index contributed by atoms with van der Waals surface area (Å²) in [6.07, 6.45) is 0.431. The number of carbonyl (C=O) groups excluding carboxylic acids is 1. The number of tetrazole rings is 1. The van der Waals surface area contributed by atoms with Crippen LogP contribution in [0.5, 0.6) is 0 Å². The molecule has 3 heterocycles. The number of nitrogens with two attached hydrogens (primary N) is 1. The van der Waals surface area contributed by atoms with Crippen LogP contribution in [0.4, 0.5) is 0 Å². The van der Waals surface area contributed by atoms with Gasteiger partial charge in [0, 0.05) is 11.8 Å². The van der Waals surface area contributed by atoms with Gasteiger partial charge < -0.3 is 15.7 Å². The number of carbonyl (C=O) groups is 2. The fourth-order valence-electron chi connectivity index (χ4n) is 2.59. The summed E-state index contributed by atoms with van der Waals surface area (Å²) >= 11 is 2.53. The van der Waals surface area contributed by atoms with Crippen molar-refractivity contribution in [2.24, 2.45) is 11.1 Å². The Hall–Kier alpha value is -1.33. The van der Waals surface area contributed by atoms with Gasteiger partial charge in [0.05, 0.1) is 17.2 Å². The molecule has 2 aliphatic rings. The lowest BCUT2D eigenvalue weighted by Crippen LogP contribution is -2.68. The molecule has 21 heavy (non-hydrogen) atoms. The first kappa shape index (κ1) is 14.6. The third-order valence-corrected chi connectivity index (χ3v) is 6.60. The number of nitrogens with one attached hydrogen (secondary N) is 1. The monoisotopic (exact) mass is 330 g/mol. The van der Waals surface area contributed by atoms with Gasteiger partial charge in [0.1, 0.15) is 5.41 Å². The Balaban J connectivity index is 1.87. The van der Waals surface area contributed by atoms with Gasteiger partial charge in [-0.2, -0.15) is 5.21 Å². The van der Waals surface area contributed by atoms with Gasteiger partial charge in [-0.05, 0) is 5.21 Å². The Kier molecular flexibility index (Phi) is 3.58. The van der Waals surface area contributed by atoms with Crippen molar-refractivity contribution >= 4 is 35.4 Å². The highest BCUT2D eigenvalue weighted by Gasteiger charge is 2.59. The minimum Gasteiger partial charge on any atom is -0.481 e. The van der Waals surface area contributed by atoms with Gasteiger partial charge in [-0.15, -0.1) is 22.0 Å². The number of aromatic nitrogens is 4. The number of rotatable bonds is 4. The average molecular weight is 330 g/mol. The van der Waals surface area contributed by atoms with Crippen LogP contribution in [0, 0.1) is 5.41 Å². The van der Waals surface area contributed by atoms with Crippen LogP contribution < -0.4 is 5.73 Å². The van der Waals surface area contributed by atoms with Crippen molar-refractivity contribution in [1.82, 2.24) is 25.5 Å². The van der Waals surface area contributed by atoms with Crippen LogP contribution >= 0.6 is 23.5 Å². The molecule has 4 atom stereocenters. The number of hydrogen-bond acceptors (Lipinski definition) is 8. The first-order chi connectivity index (χ1) is 9.95. The fourth-order valence-corrected chi connectivity index (χ4v) is 5.24. The number of nitrogens with zero attached hydrogens (tertiary/aromatic N) is 4. The van der Waals surface area contributed by atoms with Gasteiger partial charge in [-0.25, -0.2) is 0 Å². The Morgan fingerprint density at radius 2 is 2.48 bits per heavy atom. The van der Waals surface area contributed by atoms with E-state index in [-0.39, 0.29) is 17.8 Å². The summed E-state index contributed by atoms with van der Waals surface area (Å²) in [4.78, 5) is 25.2. The minimum absolute atomic E-state index is 0.00218. The number of hydrogen-bond donors (Lipinski definition) is 3. The van der Waals surface area contributed by atoms with Crippen molar-refractivity contribution < 1.29 is 14.7 Å². The van der Waals surface area contributed by atoms with Crippen molar-refractivity contribution in [3.05, 3.63) is 0 Å². The van der Waals surface area contributed by atoms with E-state index < -0.39 is 22.0 Å². The number of β-lactam (4-membered cyclic amide) rings is 1. The van der Waals surface area contributed by atoms with Crippen LogP contribution in [-0.2, 0) is 9.59 Å². The van der Waals surface area contributed by atoms with Gasteiger partial charge in [-0.3, -0.25) is 9.59 Å². The molecule has 0 radical (unpaired) electrons. The number of aliphatic carboxylic acids is 1. The van der Waals surface area contributed by atoms with Crippen LogP contribution in [-0.4, -0.2) is 65.0 Å². The van der Waals surface area contributed by atoms with Crippen molar-refractivity contribution in [3.8, 4) is 0 Å². The molecule has 3 unspecified atom stereocenters. The number of fused-ring (bicyclic) bond motifs is 1. The maximum Gasteiger partial charge on any atom is 0.315 e. The Labute approximate surface area is 128 Å². The van der Waals surface area contributed by atoms with E-state index in [1.165, 1.54) is 23.5 Å². The Morgan fingerprint density at radius 1 is 1.71 bits per heavy atom. The second-order valence-corrected chi connectivity index (χ2v) is 7.67. The third kappa shape index (κ3) is 2.19. The molecule has 0 aliphatic carbocycles. The summed E-state index contributed by atoms with van der Waals surface area (Å²) in [7, 11) is 0. The van der Waals surface area contributed by atoms with E-state index >= 15 is 0 Å². The SMILES string of the molecule is CC(Sc1nn[nH]n1)C1(C(=O)O)CN2C(=O)C[C@H]2SC1N. The van der Waals surface area contributed by atoms with Crippen LogP contribution in [0.1, 0.15) is 13.3 Å². The summed E-state index contributed by atoms with van der Waals surface area (Å²) in [6.45, 7) is 1.88. The van der Waals surface area contributed by atoms with Crippen LogP contribution in [0.15, 0.2) is 5.16 Å². The zero-order chi connectivity index (χ0) is 15.2. The van der Waals surface area contributed by atoms with Crippen LogP contribution in [0.25, 0.3) is 0 Å². The third-order valence-electron chi connectivity index (χ3n) is 3.99. The molecule has 1 aromatic heterocycles. The predicted octanol–water partition coefficient (Wildman–Crippen LogP) is -0.659. The zero-order valence-electron chi connectivity index (χ0n) is 11.1. The molecular formula is C10H14N6O3S2. The highest BCUT2D eigenvalue weighted by atomic mass is 32.2. The molecule has 2 aliphatic heterocycles. The largest absolute Gasteiger partial charge is 0.481 e. The highest BCUT2D eigenvalue weighted by Crippen LogP contribution is 2.49.